The van der Waals surface area contributed by atoms with Gasteiger partial charge in [-0.1, -0.05) is 18.2 Å². The van der Waals surface area contributed by atoms with Crippen molar-refractivity contribution in [3.8, 4) is 39.7 Å². The van der Waals surface area contributed by atoms with Crippen LogP contribution >= 0.6 is 0 Å². The van der Waals surface area contributed by atoms with Gasteiger partial charge >= 0.3 is 0 Å². The molecule has 0 saturated heterocycles. The number of nitrogens with zero attached hydrogens (tertiary/aromatic N) is 5. The predicted octanol–water partition coefficient (Wildman–Crippen LogP) is 5.72. The number of aromatic hydroxyl groups is 1. The molecular formula is C30H19FN8O2. The van der Waals surface area contributed by atoms with Crippen LogP contribution in [0.2, 0.25) is 0 Å². The summed E-state index contributed by atoms with van der Waals surface area (Å²) < 4.78 is 14.0. The van der Waals surface area contributed by atoms with Gasteiger partial charge in [-0.2, -0.15) is 5.10 Å². The summed E-state index contributed by atoms with van der Waals surface area (Å²) in [6, 6.07) is 18.1. The van der Waals surface area contributed by atoms with Crippen molar-refractivity contribution in [2.24, 2.45) is 0 Å². The Bertz CT molecular complexity index is 2070. The summed E-state index contributed by atoms with van der Waals surface area (Å²) in [6.45, 7) is 0. The number of pyridine rings is 3. The van der Waals surface area contributed by atoms with Crippen LogP contribution in [0.25, 0.3) is 56.0 Å². The van der Waals surface area contributed by atoms with Crippen molar-refractivity contribution >= 4 is 33.7 Å². The van der Waals surface area contributed by atoms with Crippen molar-refractivity contribution in [2.45, 2.75) is 0 Å². The van der Waals surface area contributed by atoms with E-state index in [1.807, 2.05) is 12.1 Å². The minimum Gasteiger partial charge on any atom is -0.508 e. The van der Waals surface area contributed by atoms with Crippen molar-refractivity contribution in [3.63, 3.8) is 0 Å². The SMILES string of the molecule is O=C(Nc1cncc(-c2cc3c(-c4nc5c(-c6cc(O)cc(F)c6)ccnc5[nH]4)n[nH]c3cn2)c1)c1ccccc1. The molecule has 0 saturated carbocycles. The molecule has 5 aromatic heterocycles. The van der Waals surface area contributed by atoms with Crippen LogP contribution in [0.3, 0.4) is 0 Å². The van der Waals surface area contributed by atoms with E-state index in [1.165, 1.54) is 12.1 Å². The third-order valence-corrected chi connectivity index (χ3v) is 6.58. The predicted molar refractivity (Wildman–Crippen MR) is 151 cm³/mol. The molecule has 0 bridgehead atoms. The van der Waals surface area contributed by atoms with E-state index in [0.717, 1.165) is 11.5 Å². The molecule has 198 valence electrons. The van der Waals surface area contributed by atoms with E-state index in [0.29, 0.717) is 61.8 Å². The molecule has 41 heavy (non-hydrogen) atoms. The molecule has 5 heterocycles. The number of halogens is 1. The number of benzene rings is 2. The highest BCUT2D eigenvalue weighted by Gasteiger charge is 2.18. The van der Waals surface area contributed by atoms with Gasteiger partial charge in [0.1, 0.15) is 22.8 Å². The quantitative estimate of drug-likeness (QED) is 0.218. The van der Waals surface area contributed by atoms with E-state index in [4.69, 9.17) is 4.98 Å². The summed E-state index contributed by atoms with van der Waals surface area (Å²) in [7, 11) is 0. The van der Waals surface area contributed by atoms with Gasteiger partial charge < -0.3 is 15.4 Å². The van der Waals surface area contributed by atoms with E-state index < -0.39 is 5.82 Å². The molecular weight excluding hydrogens is 523 g/mol. The van der Waals surface area contributed by atoms with Crippen molar-refractivity contribution in [1.29, 1.82) is 0 Å². The number of amides is 1. The number of imidazole rings is 1. The lowest BCUT2D eigenvalue weighted by Crippen LogP contribution is -2.11. The zero-order chi connectivity index (χ0) is 27.9. The first-order valence-electron chi connectivity index (χ1n) is 12.5. The average molecular weight is 543 g/mol. The number of rotatable bonds is 5. The molecule has 0 aliphatic heterocycles. The summed E-state index contributed by atoms with van der Waals surface area (Å²) in [5, 5.41) is 21.0. The number of carbonyl (C=O) groups is 1. The average Bonchev–Trinajstić information content (AvgIpc) is 3.61. The number of aromatic amines is 2. The van der Waals surface area contributed by atoms with Crippen LogP contribution in [-0.4, -0.2) is 46.1 Å². The van der Waals surface area contributed by atoms with E-state index >= 15 is 0 Å². The highest BCUT2D eigenvalue weighted by Crippen LogP contribution is 2.33. The van der Waals surface area contributed by atoms with Crippen molar-refractivity contribution in [2.75, 3.05) is 5.32 Å². The topological polar surface area (TPSA) is 145 Å². The van der Waals surface area contributed by atoms with Gasteiger partial charge in [0.25, 0.3) is 5.91 Å². The number of phenolic OH excluding ortho intramolecular Hbond substituents is 1. The number of anilines is 1. The van der Waals surface area contributed by atoms with Gasteiger partial charge in [0, 0.05) is 40.5 Å². The molecule has 0 aliphatic carbocycles. The van der Waals surface area contributed by atoms with Gasteiger partial charge in [-0.25, -0.2) is 14.4 Å². The van der Waals surface area contributed by atoms with Crippen LogP contribution in [0.15, 0.2) is 91.5 Å². The van der Waals surface area contributed by atoms with Crippen LogP contribution in [-0.2, 0) is 0 Å². The molecule has 0 unspecified atom stereocenters. The minimum atomic E-state index is -0.558. The summed E-state index contributed by atoms with van der Waals surface area (Å²) in [4.78, 5) is 33.8. The van der Waals surface area contributed by atoms with Gasteiger partial charge in [0.2, 0.25) is 0 Å². The molecule has 2 aromatic carbocycles. The second-order valence-corrected chi connectivity index (χ2v) is 9.31. The summed E-state index contributed by atoms with van der Waals surface area (Å²) in [6.07, 6.45) is 6.49. The molecule has 0 spiro atoms. The number of H-pyrrole nitrogens is 2. The molecule has 0 radical (unpaired) electrons. The Morgan fingerprint density at radius 3 is 2.66 bits per heavy atom. The Balaban J connectivity index is 1.25. The van der Waals surface area contributed by atoms with Crippen LogP contribution in [0.1, 0.15) is 10.4 Å². The lowest BCUT2D eigenvalue weighted by Gasteiger charge is -2.07. The maximum atomic E-state index is 14.0. The molecule has 1 amide bonds. The number of hydrogen-bond acceptors (Lipinski definition) is 7. The maximum Gasteiger partial charge on any atom is 0.255 e. The third kappa shape index (κ3) is 4.51. The molecule has 7 rings (SSSR count). The van der Waals surface area contributed by atoms with Gasteiger partial charge in [-0.05, 0) is 48.0 Å². The van der Waals surface area contributed by atoms with E-state index in [2.05, 4.69) is 35.5 Å². The van der Waals surface area contributed by atoms with Crippen molar-refractivity contribution in [1.82, 2.24) is 35.1 Å². The zero-order valence-corrected chi connectivity index (χ0v) is 21.1. The number of carbonyl (C=O) groups excluding carboxylic acids is 1. The number of hydrogen-bond donors (Lipinski definition) is 4. The van der Waals surface area contributed by atoms with Crippen LogP contribution in [0.4, 0.5) is 10.1 Å². The number of nitrogens with one attached hydrogen (secondary N) is 3. The van der Waals surface area contributed by atoms with Gasteiger partial charge in [0.05, 0.1) is 29.3 Å². The first kappa shape index (κ1) is 24.1. The minimum absolute atomic E-state index is 0.183. The highest BCUT2D eigenvalue weighted by molar-refractivity contribution is 6.04. The smallest absolute Gasteiger partial charge is 0.255 e. The number of phenols is 1. The van der Waals surface area contributed by atoms with Crippen molar-refractivity contribution in [3.05, 3.63) is 103 Å². The molecule has 0 aliphatic rings. The standard InChI is InChI=1S/C30H19FN8O2/c31-19-8-17(10-21(40)11-19)22-6-7-33-28-26(22)36-29(37-28)27-23-12-24(34-15-25(23)38-39-27)18-9-20(14-32-13-18)35-30(41)16-4-2-1-3-5-16/h1-15,40H,(H,35,41)(H,38,39)(H,33,36,37). The zero-order valence-electron chi connectivity index (χ0n) is 21.1. The molecule has 0 atom stereocenters. The Hall–Kier alpha value is -5.97. The Morgan fingerprint density at radius 2 is 1.80 bits per heavy atom. The molecule has 11 heteroatoms. The van der Waals surface area contributed by atoms with E-state index in [1.54, 1.807) is 61.2 Å². The largest absolute Gasteiger partial charge is 0.508 e. The fourth-order valence-electron chi connectivity index (χ4n) is 4.68. The third-order valence-electron chi connectivity index (χ3n) is 6.58. The fourth-order valence-corrected chi connectivity index (χ4v) is 4.68. The van der Waals surface area contributed by atoms with Crippen molar-refractivity contribution < 1.29 is 14.3 Å². The van der Waals surface area contributed by atoms with Crippen LogP contribution < -0.4 is 5.32 Å². The molecule has 0 fully saturated rings. The maximum absolute atomic E-state index is 14.0. The molecule has 4 N–H and O–H groups in total. The van der Waals surface area contributed by atoms with Gasteiger partial charge in [-0.3, -0.25) is 19.9 Å². The fraction of sp³-hybridized carbons (Fsp3) is 0. The Kier molecular flexibility index (Phi) is 5.67. The second kappa shape index (κ2) is 9.65. The number of fused-ring (bicyclic) bond motifs is 2. The summed E-state index contributed by atoms with van der Waals surface area (Å²) in [5.41, 5.74) is 5.68. The van der Waals surface area contributed by atoms with E-state index in [-0.39, 0.29) is 11.7 Å². The first-order chi connectivity index (χ1) is 20.0. The lowest BCUT2D eigenvalue weighted by atomic mass is 10.1. The van der Waals surface area contributed by atoms with Crippen LogP contribution in [0, 0.1) is 5.82 Å². The Morgan fingerprint density at radius 1 is 0.927 bits per heavy atom. The summed E-state index contributed by atoms with van der Waals surface area (Å²) in [5.74, 6) is -0.531. The normalized spacial score (nSPS) is 11.2. The number of aromatic nitrogens is 7. The summed E-state index contributed by atoms with van der Waals surface area (Å²) >= 11 is 0. The molecule has 7 aromatic rings. The monoisotopic (exact) mass is 542 g/mol. The molecule has 10 nitrogen and oxygen atoms in total. The van der Waals surface area contributed by atoms with Gasteiger partial charge in [0.15, 0.2) is 11.5 Å². The van der Waals surface area contributed by atoms with E-state index in [9.17, 15) is 14.3 Å². The van der Waals surface area contributed by atoms with Gasteiger partial charge in [-0.15, -0.1) is 0 Å². The highest BCUT2D eigenvalue weighted by atomic mass is 19.1. The lowest BCUT2D eigenvalue weighted by molar-refractivity contribution is 0.102. The Labute approximate surface area is 231 Å². The van der Waals surface area contributed by atoms with Crippen LogP contribution in [0.5, 0.6) is 5.75 Å². The first-order valence-corrected chi connectivity index (χ1v) is 12.5. The second-order valence-electron chi connectivity index (χ2n) is 9.31.